The predicted molar refractivity (Wildman–Crippen MR) is 204 cm³/mol. The van der Waals surface area contributed by atoms with Crippen LogP contribution in [-0.4, -0.2) is 72.0 Å². The molecular weight excluding hydrogens is 680 g/mol. The number of carbonyl (C=O) groups excluding carboxylic acids is 2. The second-order valence-corrected chi connectivity index (χ2v) is 21.0. The lowest BCUT2D eigenvalue weighted by Crippen LogP contribution is -2.59. The lowest BCUT2D eigenvalue weighted by atomic mass is 9.46. The number of Topliss-reactive ketones (excluding diaryl/α,β-unsaturated/α-hetero) is 1. The van der Waals surface area contributed by atoms with Gasteiger partial charge < -0.3 is 29.2 Å². The zero-order chi connectivity index (χ0) is 38.1. The number of carbonyl (C=O) groups is 2. The van der Waals surface area contributed by atoms with Crippen molar-refractivity contribution in [1.29, 1.82) is 0 Å². The van der Waals surface area contributed by atoms with Crippen LogP contribution in [0.25, 0.3) is 0 Å². The molecule has 6 saturated carbocycles. The van der Waals surface area contributed by atoms with E-state index in [1.165, 1.54) is 17.6 Å². The van der Waals surface area contributed by atoms with Crippen molar-refractivity contribution in [2.24, 2.45) is 69.0 Å². The molecule has 10 aliphatic rings. The van der Waals surface area contributed by atoms with Crippen molar-refractivity contribution in [2.75, 3.05) is 26.4 Å². The number of hydrogen-bond acceptors (Lipinski definition) is 8. The number of ether oxygens (including phenoxy) is 4. The van der Waals surface area contributed by atoms with Gasteiger partial charge in [-0.05, 0) is 148 Å². The molecule has 0 amide bonds. The van der Waals surface area contributed by atoms with Gasteiger partial charge in [0.1, 0.15) is 5.78 Å². The molecule has 0 aromatic carbocycles. The van der Waals surface area contributed by atoms with Gasteiger partial charge in [0.2, 0.25) is 0 Å². The molecule has 2 saturated heterocycles. The van der Waals surface area contributed by atoms with Gasteiger partial charge in [0.25, 0.3) is 0 Å². The Morgan fingerprint density at radius 2 is 1.31 bits per heavy atom. The molecule has 0 aromatic heterocycles. The van der Waals surface area contributed by atoms with E-state index in [2.05, 4.69) is 40.7 Å². The average molecular weight is 749 g/mol. The SMILES string of the molecule is CC(=O)[C@H]1CC[C@H]2[C@@H]3CCC4=CC(=O)CC[C@]4(C)[C@H]3[C@@H](O)C[C@]12C.CC1([C@H]2CC[C@H]3[C@@H]4CC=C5CC6(CC[C@]5(C)[C@H]4[C@@H](O)C[C@]23C)OCCO6)OCCO1. The van der Waals surface area contributed by atoms with Crippen molar-refractivity contribution in [1.82, 2.24) is 0 Å². The van der Waals surface area contributed by atoms with Crippen molar-refractivity contribution in [3.8, 4) is 0 Å². The lowest BCUT2D eigenvalue weighted by molar-refractivity contribution is -0.227. The van der Waals surface area contributed by atoms with E-state index in [4.69, 9.17) is 18.9 Å². The normalized spacial score (nSPS) is 51.0. The highest BCUT2D eigenvalue weighted by molar-refractivity contribution is 5.91. The fourth-order valence-corrected chi connectivity index (χ4v) is 16.4. The minimum atomic E-state index is -0.482. The molecule has 10 rings (SSSR count). The van der Waals surface area contributed by atoms with Crippen LogP contribution in [0.2, 0.25) is 0 Å². The Morgan fingerprint density at radius 3 is 2.02 bits per heavy atom. The first-order valence-corrected chi connectivity index (χ1v) is 21.9. The van der Waals surface area contributed by atoms with Crippen molar-refractivity contribution in [3.05, 3.63) is 23.3 Å². The Hall–Kier alpha value is -1.42. The minimum Gasteiger partial charge on any atom is -0.393 e. The molecule has 54 heavy (non-hydrogen) atoms. The Kier molecular flexibility index (Phi) is 9.21. The van der Waals surface area contributed by atoms with Crippen molar-refractivity contribution >= 4 is 11.6 Å². The van der Waals surface area contributed by atoms with Gasteiger partial charge in [0, 0.05) is 31.1 Å². The average Bonchev–Trinajstić information content (AvgIpc) is 3.91. The number of rotatable bonds is 2. The van der Waals surface area contributed by atoms with E-state index in [1.807, 2.05) is 6.08 Å². The van der Waals surface area contributed by atoms with Gasteiger partial charge in [-0.15, -0.1) is 0 Å². The van der Waals surface area contributed by atoms with E-state index in [-0.39, 0.29) is 51.5 Å². The van der Waals surface area contributed by atoms with E-state index < -0.39 is 11.6 Å². The van der Waals surface area contributed by atoms with Crippen LogP contribution in [0.4, 0.5) is 0 Å². The van der Waals surface area contributed by atoms with E-state index >= 15 is 0 Å². The molecule has 8 fully saturated rings. The summed E-state index contributed by atoms with van der Waals surface area (Å²) in [6.45, 7) is 16.1. The first kappa shape index (κ1) is 38.1. The van der Waals surface area contributed by atoms with E-state index in [9.17, 15) is 19.8 Å². The number of allylic oxidation sites excluding steroid dienone is 2. The van der Waals surface area contributed by atoms with E-state index in [0.29, 0.717) is 74.1 Å². The number of hydrogen-bond donors (Lipinski definition) is 2. The fourth-order valence-electron chi connectivity index (χ4n) is 16.4. The second-order valence-electron chi connectivity index (χ2n) is 21.0. The zero-order valence-electron chi connectivity index (χ0n) is 34.0. The van der Waals surface area contributed by atoms with Gasteiger partial charge in [-0.3, -0.25) is 9.59 Å². The smallest absolute Gasteiger partial charge is 0.172 e. The molecule has 8 aliphatic carbocycles. The predicted octanol–water partition coefficient (Wildman–Crippen LogP) is 7.74. The third-order valence-electron chi connectivity index (χ3n) is 18.7. The first-order chi connectivity index (χ1) is 25.6. The van der Waals surface area contributed by atoms with Crippen LogP contribution in [0.1, 0.15) is 131 Å². The van der Waals surface area contributed by atoms with Crippen molar-refractivity contribution in [3.63, 3.8) is 0 Å². The van der Waals surface area contributed by atoms with Crippen molar-refractivity contribution < 1.29 is 38.7 Å². The molecule has 14 atom stereocenters. The number of aliphatic hydroxyl groups excluding tert-OH is 2. The molecule has 2 N–H and O–H groups in total. The summed E-state index contributed by atoms with van der Waals surface area (Å²) in [5, 5.41) is 22.8. The van der Waals surface area contributed by atoms with Crippen LogP contribution >= 0.6 is 0 Å². The summed E-state index contributed by atoms with van der Waals surface area (Å²) in [4.78, 5) is 24.0. The molecule has 0 aromatic rings. The van der Waals surface area contributed by atoms with Crippen LogP contribution in [0, 0.1) is 69.0 Å². The highest BCUT2D eigenvalue weighted by atomic mass is 16.7. The van der Waals surface area contributed by atoms with Gasteiger partial charge in [-0.25, -0.2) is 0 Å². The summed E-state index contributed by atoms with van der Waals surface area (Å²) < 4.78 is 24.4. The molecule has 2 aliphatic heterocycles. The Bertz CT molecular complexity index is 1590. The summed E-state index contributed by atoms with van der Waals surface area (Å²) in [6, 6.07) is 0. The van der Waals surface area contributed by atoms with Crippen LogP contribution < -0.4 is 0 Å². The van der Waals surface area contributed by atoms with Gasteiger partial charge in [-0.2, -0.15) is 0 Å². The molecular formula is C46H68O8. The van der Waals surface area contributed by atoms with Crippen LogP contribution in [0.5, 0.6) is 0 Å². The first-order valence-electron chi connectivity index (χ1n) is 21.9. The molecule has 8 nitrogen and oxygen atoms in total. The van der Waals surface area contributed by atoms with Crippen LogP contribution in [-0.2, 0) is 28.5 Å². The molecule has 300 valence electrons. The van der Waals surface area contributed by atoms with E-state index in [1.54, 1.807) is 6.92 Å². The standard InChI is InChI=1S/C25H38O5.C21H30O3/c1-22-8-9-25(29-12-13-30-25)14-16(22)4-5-17-18-6-7-20(24(3)27-10-11-28-24)23(18,2)15-19(26)21(17)22;1-12(22)16-6-7-17-15-5-4-13-10-14(23)8-9-20(13,2)19(15)18(24)11-21(16,17)3/h4,17-21,26H,5-15H2,1-3H3;10,15-19,24H,4-9,11H2,1-3H3/t17-,18-,19-,20-,21+,22-,23-;15-,16+,17-,18-,19+,20-,21+/m00/s1. The van der Waals surface area contributed by atoms with E-state index in [0.717, 1.165) is 77.0 Å². The van der Waals surface area contributed by atoms with Gasteiger partial charge in [-0.1, -0.05) is 44.9 Å². The van der Waals surface area contributed by atoms with Crippen LogP contribution in [0.3, 0.4) is 0 Å². The van der Waals surface area contributed by atoms with Crippen LogP contribution in [0.15, 0.2) is 23.3 Å². The van der Waals surface area contributed by atoms with Gasteiger partial charge in [0.05, 0.1) is 38.6 Å². The summed E-state index contributed by atoms with van der Waals surface area (Å²) in [5.74, 6) is 2.99. The lowest BCUT2D eigenvalue weighted by Gasteiger charge is -2.61. The van der Waals surface area contributed by atoms with Crippen molar-refractivity contribution in [2.45, 2.75) is 155 Å². The maximum absolute atomic E-state index is 12.2. The number of fused-ring (bicyclic) bond motifs is 10. The molecule has 2 heterocycles. The summed E-state index contributed by atoms with van der Waals surface area (Å²) in [7, 11) is 0. The number of ketones is 2. The highest BCUT2D eigenvalue weighted by Gasteiger charge is 2.66. The molecule has 0 unspecified atom stereocenters. The molecule has 8 heteroatoms. The largest absolute Gasteiger partial charge is 0.393 e. The summed E-state index contributed by atoms with van der Waals surface area (Å²) in [6.07, 6.45) is 17.4. The maximum atomic E-state index is 12.2. The topological polar surface area (TPSA) is 112 Å². The monoisotopic (exact) mass is 748 g/mol. The fraction of sp³-hybridized carbons (Fsp3) is 0.870. The Labute approximate surface area is 323 Å². The summed E-state index contributed by atoms with van der Waals surface area (Å²) in [5.41, 5.74) is 2.84. The zero-order valence-corrected chi connectivity index (χ0v) is 34.0. The molecule has 1 spiro atoms. The summed E-state index contributed by atoms with van der Waals surface area (Å²) >= 11 is 0. The highest BCUT2D eigenvalue weighted by Crippen LogP contribution is 2.69. The minimum absolute atomic E-state index is 0.0219. The Morgan fingerprint density at radius 1 is 0.704 bits per heavy atom. The second kappa shape index (κ2) is 13.0. The quantitative estimate of drug-likeness (QED) is 0.276. The molecule has 0 bridgehead atoms. The number of aliphatic hydroxyl groups is 2. The third-order valence-corrected chi connectivity index (χ3v) is 18.7. The third kappa shape index (κ3) is 5.48. The Balaban J connectivity index is 0.000000146. The maximum Gasteiger partial charge on any atom is 0.172 e. The van der Waals surface area contributed by atoms with Gasteiger partial charge >= 0.3 is 0 Å². The van der Waals surface area contributed by atoms with Gasteiger partial charge in [0.15, 0.2) is 17.4 Å². The molecule has 0 radical (unpaired) electrons.